The maximum absolute atomic E-state index is 12.0. The summed E-state index contributed by atoms with van der Waals surface area (Å²) >= 11 is 0. The van der Waals surface area contributed by atoms with Crippen molar-refractivity contribution in [2.75, 3.05) is 7.11 Å². The van der Waals surface area contributed by atoms with E-state index in [4.69, 9.17) is 4.74 Å². The molecule has 0 spiro atoms. The lowest BCUT2D eigenvalue weighted by Crippen LogP contribution is -2.60. The maximum atomic E-state index is 12.0. The highest BCUT2D eigenvalue weighted by molar-refractivity contribution is 5.80. The van der Waals surface area contributed by atoms with Crippen molar-refractivity contribution in [1.29, 1.82) is 0 Å². The molecule has 1 aliphatic carbocycles. The first-order valence-corrected chi connectivity index (χ1v) is 7.57. The number of ether oxygens (including phenoxy) is 1. The lowest BCUT2D eigenvalue weighted by atomic mass is 9.65. The first-order chi connectivity index (χ1) is 10.0. The van der Waals surface area contributed by atoms with E-state index >= 15 is 0 Å². The van der Waals surface area contributed by atoms with Gasteiger partial charge in [0.15, 0.2) is 0 Å². The third-order valence-electron chi connectivity index (χ3n) is 5.08. The third kappa shape index (κ3) is 2.89. The molecular formula is C15H23NO5. The molecule has 1 amide bonds. The number of aldehydes is 1. The van der Waals surface area contributed by atoms with Crippen LogP contribution < -0.4 is 0 Å². The Morgan fingerprint density at radius 2 is 2.05 bits per heavy atom. The fraction of sp³-hybridized carbons (Fsp3) is 0.800. The molecule has 118 valence electrons. The van der Waals surface area contributed by atoms with Gasteiger partial charge in [-0.1, -0.05) is 6.92 Å². The van der Waals surface area contributed by atoms with Crippen LogP contribution in [0.5, 0.6) is 0 Å². The van der Waals surface area contributed by atoms with Crippen molar-refractivity contribution in [2.24, 2.45) is 17.8 Å². The molecular weight excluding hydrogens is 274 g/mol. The Hall–Kier alpha value is -1.59. The van der Waals surface area contributed by atoms with E-state index in [0.29, 0.717) is 12.8 Å². The number of methoxy groups -OCH3 is 1. The van der Waals surface area contributed by atoms with Gasteiger partial charge in [-0.2, -0.15) is 0 Å². The molecule has 1 saturated heterocycles. The molecule has 0 aromatic carbocycles. The molecule has 0 aromatic heterocycles. The van der Waals surface area contributed by atoms with Crippen LogP contribution in [0.25, 0.3) is 0 Å². The summed E-state index contributed by atoms with van der Waals surface area (Å²) in [6.07, 6.45) is 3.97. The summed E-state index contributed by atoms with van der Waals surface area (Å²) in [4.78, 5) is 36.0. The van der Waals surface area contributed by atoms with E-state index in [1.54, 1.807) is 0 Å². The molecule has 5 atom stereocenters. The highest BCUT2D eigenvalue weighted by atomic mass is 16.5. The van der Waals surface area contributed by atoms with Crippen molar-refractivity contribution in [3.8, 4) is 0 Å². The summed E-state index contributed by atoms with van der Waals surface area (Å²) in [5, 5.41) is 9.46. The van der Waals surface area contributed by atoms with Crippen LogP contribution in [-0.4, -0.2) is 47.5 Å². The number of carbonyl (C=O) groups is 3. The molecule has 21 heavy (non-hydrogen) atoms. The number of aliphatic carboxylic acids is 1. The Morgan fingerprint density at radius 1 is 1.33 bits per heavy atom. The summed E-state index contributed by atoms with van der Waals surface area (Å²) < 4.78 is 4.79. The fourth-order valence-electron chi connectivity index (χ4n) is 4.15. The van der Waals surface area contributed by atoms with E-state index in [1.807, 2.05) is 6.92 Å². The quantitative estimate of drug-likeness (QED) is 0.805. The molecule has 2 aliphatic rings. The number of carbonyl (C=O) groups excluding carboxylic acids is 2. The van der Waals surface area contributed by atoms with Gasteiger partial charge in [0.2, 0.25) is 0 Å². The van der Waals surface area contributed by atoms with Crippen LogP contribution in [0.2, 0.25) is 0 Å². The molecule has 5 unspecified atom stereocenters. The Kier molecular flexibility index (Phi) is 4.85. The fourth-order valence-corrected chi connectivity index (χ4v) is 4.15. The lowest BCUT2D eigenvalue weighted by molar-refractivity contribution is -0.149. The number of amides is 1. The predicted octanol–water partition coefficient (Wildman–Crippen LogP) is 1.92. The molecule has 2 fully saturated rings. The summed E-state index contributed by atoms with van der Waals surface area (Å²) in [7, 11) is 1.28. The number of nitrogens with zero attached hydrogens (tertiary/aromatic N) is 1. The number of hydrogen-bond acceptors (Lipinski definition) is 4. The van der Waals surface area contributed by atoms with Crippen molar-refractivity contribution in [3.63, 3.8) is 0 Å². The molecule has 0 bridgehead atoms. The standard InChI is InChI=1S/C15H23NO5/c1-3-12-11-5-4-9(8-17)6-10(11)7-13(14(18)19)16(12)15(20)21-2/h8-13H,3-7H2,1-2H3,(H,18,19). The SMILES string of the molecule is CCC1C2CCC(C=O)CC2CC(C(=O)O)N1C(=O)OC. The minimum absolute atomic E-state index is 0.0304. The number of carboxylic acids is 1. The smallest absolute Gasteiger partial charge is 0.410 e. The predicted molar refractivity (Wildman–Crippen MR) is 74.7 cm³/mol. The molecule has 6 nitrogen and oxygen atoms in total. The molecule has 0 aromatic rings. The topological polar surface area (TPSA) is 83.9 Å². The molecule has 1 aliphatic heterocycles. The number of rotatable bonds is 3. The van der Waals surface area contributed by atoms with Crippen molar-refractivity contribution in [3.05, 3.63) is 0 Å². The van der Waals surface area contributed by atoms with Crippen LogP contribution in [0.3, 0.4) is 0 Å². The van der Waals surface area contributed by atoms with Crippen molar-refractivity contribution < 1.29 is 24.2 Å². The average Bonchev–Trinajstić information content (AvgIpc) is 2.51. The third-order valence-corrected chi connectivity index (χ3v) is 5.08. The maximum Gasteiger partial charge on any atom is 0.410 e. The highest BCUT2D eigenvalue weighted by Crippen LogP contribution is 2.44. The summed E-state index contributed by atoms with van der Waals surface area (Å²) in [6, 6.07) is -0.973. The van der Waals surface area contributed by atoms with Crippen LogP contribution in [0.1, 0.15) is 39.0 Å². The van der Waals surface area contributed by atoms with Gasteiger partial charge in [-0.25, -0.2) is 9.59 Å². The largest absolute Gasteiger partial charge is 0.480 e. The summed E-state index contributed by atoms with van der Waals surface area (Å²) in [5.74, 6) is -0.504. The number of hydrogen-bond donors (Lipinski definition) is 1. The van der Waals surface area contributed by atoms with Gasteiger partial charge in [0.1, 0.15) is 12.3 Å². The van der Waals surface area contributed by atoms with Crippen LogP contribution in [0.15, 0.2) is 0 Å². The van der Waals surface area contributed by atoms with Crippen LogP contribution in [-0.2, 0) is 14.3 Å². The van der Waals surface area contributed by atoms with Crippen LogP contribution >= 0.6 is 0 Å². The van der Waals surface area contributed by atoms with E-state index < -0.39 is 18.1 Å². The number of fused-ring (bicyclic) bond motifs is 1. The lowest BCUT2D eigenvalue weighted by Gasteiger charge is -2.50. The zero-order valence-electron chi connectivity index (χ0n) is 12.5. The van der Waals surface area contributed by atoms with Gasteiger partial charge in [-0.15, -0.1) is 0 Å². The van der Waals surface area contributed by atoms with Gasteiger partial charge in [0.05, 0.1) is 7.11 Å². The Balaban J connectivity index is 2.28. The number of piperidine rings is 1. The van der Waals surface area contributed by atoms with Crippen molar-refractivity contribution >= 4 is 18.3 Å². The van der Waals surface area contributed by atoms with Crippen LogP contribution in [0, 0.1) is 17.8 Å². The monoisotopic (exact) mass is 297 g/mol. The average molecular weight is 297 g/mol. The minimum Gasteiger partial charge on any atom is -0.480 e. The van der Waals surface area contributed by atoms with E-state index in [1.165, 1.54) is 12.0 Å². The highest BCUT2D eigenvalue weighted by Gasteiger charge is 2.49. The van der Waals surface area contributed by atoms with Crippen molar-refractivity contribution in [1.82, 2.24) is 4.90 Å². The van der Waals surface area contributed by atoms with E-state index in [9.17, 15) is 19.5 Å². The van der Waals surface area contributed by atoms with Crippen molar-refractivity contribution in [2.45, 2.75) is 51.1 Å². The number of carboxylic acid groups (broad SMARTS) is 1. The Morgan fingerprint density at radius 3 is 2.57 bits per heavy atom. The summed E-state index contributed by atoms with van der Waals surface area (Å²) in [5.41, 5.74) is 0. The Bertz CT molecular complexity index is 424. The first kappa shape index (κ1) is 15.8. The molecule has 6 heteroatoms. The normalized spacial score (nSPS) is 35.7. The zero-order chi connectivity index (χ0) is 15.6. The second-order valence-corrected chi connectivity index (χ2v) is 6.08. The van der Waals surface area contributed by atoms with Gasteiger partial charge < -0.3 is 14.6 Å². The van der Waals surface area contributed by atoms with Gasteiger partial charge >= 0.3 is 12.1 Å². The Labute approximate surface area is 124 Å². The molecule has 1 N–H and O–H groups in total. The van der Waals surface area contributed by atoms with Gasteiger partial charge in [0.25, 0.3) is 0 Å². The first-order valence-electron chi connectivity index (χ1n) is 7.57. The van der Waals surface area contributed by atoms with Gasteiger partial charge in [-0.05, 0) is 43.9 Å². The second kappa shape index (κ2) is 6.45. The van der Waals surface area contributed by atoms with Gasteiger partial charge in [0, 0.05) is 12.0 Å². The van der Waals surface area contributed by atoms with Gasteiger partial charge in [-0.3, -0.25) is 4.90 Å². The minimum atomic E-state index is -0.995. The zero-order valence-corrected chi connectivity index (χ0v) is 12.5. The summed E-state index contributed by atoms with van der Waals surface area (Å²) in [6.45, 7) is 1.97. The van der Waals surface area contributed by atoms with E-state index in [-0.39, 0.29) is 23.8 Å². The van der Waals surface area contributed by atoms with Crippen LogP contribution in [0.4, 0.5) is 4.79 Å². The second-order valence-electron chi connectivity index (χ2n) is 6.08. The molecule has 1 saturated carbocycles. The number of likely N-dealkylation sites (tertiary alicyclic amines) is 1. The molecule has 1 heterocycles. The molecule has 0 radical (unpaired) electrons. The molecule has 2 rings (SSSR count). The van der Waals surface area contributed by atoms with E-state index in [0.717, 1.165) is 25.5 Å². The van der Waals surface area contributed by atoms with E-state index in [2.05, 4.69) is 0 Å².